The van der Waals surface area contributed by atoms with Crippen molar-refractivity contribution < 1.29 is 9.53 Å². The van der Waals surface area contributed by atoms with E-state index >= 15 is 0 Å². The van der Waals surface area contributed by atoms with Gasteiger partial charge in [-0.25, -0.2) is 4.79 Å². The number of hydrogen-bond donors (Lipinski definition) is 2. The summed E-state index contributed by atoms with van der Waals surface area (Å²) in [5.41, 5.74) is 5.10. The first-order chi connectivity index (χ1) is 15.1. The molecule has 4 rings (SSSR count). The van der Waals surface area contributed by atoms with Crippen LogP contribution in [0.5, 0.6) is 0 Å². The van der Waals surface area contributed by atoms with Crippen molar-refractivity contribution in [3.63, 3.8) is 0 Å². The number of pyridine rings is 1. The van der Waals surface area contributed by atoms with Crippen LogP contribution in [0.25, 0.3) is 0 Å². The second-order valence-corrected chi connectivity index (χ2v) is 9.08. The van der Waals surface area contributed by atoms with E-state index in [0.717, 1.165) is 48.4 Å². The number of carbonyl (C=O) groups is 1. The minimum Gasteiger partial charge on any atom is -0.465 e. The van der Waals surface area contributed by atoms with Gasteiger partial charge in [0.15, 0.2) is 5.11 Å². The summed E-state index contributed by atoms with van der Waals surface area (Å²) in [7, 11) is 1.43. The van der Waals surface area contributed by atoms with Crippen LogP contribution < -0.4 is 10.6 Å². The van der Waals surface area contributed by atoms with Crippen LogP contribution in [0.3, 0.4) is 0 Å². The molecule has 0 radical (unpaired) electrons. The molecule has 1 aliphatic carbocycles. The Morgan fingerprint density at radius 1 is 1.03 bits per heavy atom. The molecule has 0 aliphatic heterocycles. The third-order valence-corrected chi connectivity index (χ3v) is 6.82. The molecule has 0 unspecified atom stereocenters. The number of benzene rings is 1. The molecule has 1 aliphatic rings. The topological polar surface area (TPSA) is 63.2 Å². The summed E-state index contributed by atoms with van der Waals surface area (Å²) in [5, 5.41) is 7.69. The molecule has 31 heavy (non-hydrogen) atoms. The van der Waals surface area contributed by atoms with Gasteiger partial charge in [-0.05, 0) is 85.3 Å². The zero-order valence-electron chi connectivity index (χ0n) is 17.4. The Morgan fingerprint density at radius 2 is 1.74 bits per heavy atom. The van der Waals surface area contributed by atoms with Crippen molar-refractivity contribution in [2.75, 3.05) is 17.7 Å². The number of fused-ring (bicyclic) bond motifs is 1. The number of aryl methyl sites for hydroxylation is 1. The highest BCUT2D eigenvalue weighted by molar-refractivity contribution is 7.80. The summed E-state index contributed by atoms with van der Waals surface area (Å²) in [6.07, 6.45) is 9.84. The largest absolute Gasteiger partial charge is 0.465 e. The zero-order valence-corrected chi connectivity index (χ0v) is 19.1. The summed E-state index contributed by atoms with van der Waals surface area (Å²) in [6.45, 7) is 0. The number of nitrogens with one attached hydrogen (secondary N) is 2. The third kappa shape index (κ3) is 5.29. The molecule has 160 valence electrons. The van der Waals surface area contributed by atoms with Crippen molar-refractivity contribution in [3.05, 3.63) is 75.9 Å². The molecule has 3 aromatic rings. The molecular formula is C24H25N3O2S2. The number of nitrogens with zero attached hydrogens (tertiary/aromatic N) is 1. The van der Waals surface area contributed by atoms with Gasteiger partial charge in [0.2, 0.25) is 0 Å². The molecule has 2 aromatic heterocycles. The lowest BCUT2D eigenvalue weighted by Gasteiger charge is -2.12. The number of carbonyl (C=O) groups excluding carboxylic acids is 1. The van der Waals surface area contributed by atoms with E-state index < -0.39 is 0 Å². The van der Waals surface area contributed by atoms with Crippen molar-refractivity contribution in [2.45, 2.75) is 38.5 Å². The highest BCUT2D eigenvalue weighted by atomic mass is 32.1. The second-order valence-electron chi connectivity index (χ2n) is 7.57. The Labute approximate surface area is 191 Å². The van der Waals surface area contributed by atoms with Gasteiger partial charge in [0, 0.05) is 23.0 Å². The molecule has 0 saturated heterocycles. The number of methoxy groups -OCH3 is 1. The summed E-state index contributed by atoms with van der Waals surface area (Å²) in [6, 6.07) is 12.2. The Bertz CT molecular complexity index is 1060. The summed E-state index contributed by atoms with van der Waals surface area (Å²) >= 11 is 7.15. The summed E-state index contributed by atoms with van der Waals surface area (Å²) in [4.78, 5) is 17.8. The van der Waals surface area contributed by atoms with Crippen LogP contribution in [-0.2, 0) is 24.0 Å². The number of esters is 1. The molecular weight excluding hydrogens is 426 g/mol. The molecule has 0 fully saturated rings. The van der Waals surface area contributed by atoms with Gasteiger partial charge in [-0.3, -0.25) is 4.98 Å². The van der Waals surface area contributed by atoms with Gasteiger partial charge >= 0.3 is 5.97 Å². The average Bonchev–Trinajstić information content (AvgIpc) is 2.95. The fraction of sp³-hybridized carbons (Fsp3) is 0.292. The average molecular weight is 452 g/mol. The van der Waals surface area contributed by atoms with Crippen molar-refractivity contribution in [1.29, 1.82) is 0 Å². The van der Waals surface area contributed by atoms with Gasteiger partial charge in [-0.1, -0.05) is 18.6 Å². The van der Waals surface area contributed by atoms with Crippen molar-refractivity contribution in [2.24, 2.45) is 0 Å². The zero-order chi connectivity index (χ0) is 21.6. The number of thiocarbonyl (C=S) groups is 1. The van der Waals surface area contributed by atoms with Crippen molar-refractivity contribution in [1.82, 2.24) is 4.98 Å². The molecule has 5 nitrogen and oxygen atoms in total. The first-order valence-corrected chi connectivity index (χ1v) is 11.6. The minimum atomic E-state index is -0.301. The third-order valence-electron chi connectivity index (χ3n) is 5.41. The Morgan fingerprint density at radius 3 is 2.48 bits per heavy atom. The monoisotopic (exact) mass is 451 g/mol. The Hall–Kier alpha value is -2.77. The molecule has 1 aromatic carbocycles. The molecule has 0 bridgehead atoms. The van der Waals surface area contributed by atoms with Gasteiger partial charge in [0.1, 0.15) is 5.00 Å². The molecule has 7 heteroatoms. The lowest BCUT2D eigenvalue weighted by atomic mass is 10.1. The first kappa shape index (κ1) is 21.5. The number of rotatable bonds is 5. The predicted octanol–water partition coefficient (Wildman–Crippen LogP) is 5.60. The fourth-order valence-electron chi connectivity index (χ4n) is 3.86. The van der Waals surface area contributed by atoms with E-state index in [1.54, 1.807) is 11.3 Å². The molecule has 0 spiro atoms. The van der Waals surface area contributed by atoms with Crippen LogP contribution in [-0.4, -0.2) is 23.2 Å². The fourth-order valence-corrected chi connectivity index (χ4v) is 5.42. The van der Waals surface area contributed by atoms with Gasteiger partial charge in [-0.2, -0.15) is 0 Å². The maximum Gasteiger partial charge on any atom is 0.341 e. The van der Waals surface area contributed by atoms with Gasteiger partial charge < -0.3 is 15.4 Å². The lowest BCUT2D eigenvalue weighted by Crippen LogP contribution is -2.20. The maximum absolute atomic E-state index is 12.5. The number of aromatic nitrogens is 1. The minimum absolute atomic E-state index is 0.301. The Kier molecular flexibility index (Phi) is 6.94. The lowest BCUT2D eigenvalue weighted by molar-refractivity contribution is 0.0601. The quantitative estimate of drug-likeness (QED) is 0.299. The van der Waals surface area contributed by atoms with Crippen molar-refractivity contribution in [3.8, 4) is 0 Å². The van der Waals surface area contributed by atoms with Crippen molar-refractivity contribution >= 4 is 45.3 Å². The van der Waals surface area contributed by atoms with Crippen LogP contribution in [0.15, 0.2) is 48.8 Å². The second kappa shape index (κ2) is 10.0. The van der Waals surface area contributed by atoms with E-state index in [1.807, 2.05) is 36.7 Å². The molecule has 2 N–H and O–H groups in total. The van der Waals surface area contributed by atoms with Gasteiger partial charge in [0.25, 0.3) is 0 Å². The van der Waals surface area contributed by atoms with E-state index in [9.17, 15) is 4.79 Å². The van der Waals surface area contributed by atoms with E-state index in [2.05, 4.69) is 27.8 Å². The predicted molar refractivity (Wildman–Crippen MR) is 130 cm³/mol. The summed E-state index contributed by atoms with van der Waals surface area (Å²) in [5.74, 6) is -0.301. The standard InChI is InChI=1S/C24H25N3O2S2/c1-29-23(28)21-19-5-3-2-4-6-20(19)31-22(21)27-24(30)26-18-9-7-16(8-10-18)15-17-11-13-25-14-12-17/h7-14H,2-6,15H2,1H3,(H2,26,27,30). The normalized spacial score (nSPS) is 13.1. The first-order valence-electron chi connectivity index (χ1n) is 10.4. The van der Waals surface area contributed by atoms with Crippen LogP contribution in [0, 0.1) is 0 Å². The SMILES string of the molecule is COC(=O)c1c(NC(=S)Nc2ccc(Cc3ccncc3)cc2)sc2c1CCCCC2. The van der Waals surface area contributed by atoms with Crippen LogP contribution in [0.4, 0.5) is 10.7 Å². The highest BCUT2D eigenvalue weighted by Crippen LogP contribution is 2.38. The molecule has 0 amide bonds. The number of anilines is 2. The maximum atomic E-state index is 12.5. The van der Waals surface area contributed by atoms with E-state index in [0.29, 0.717) is 10.7 Å². The smallest absolute Gasteiger partial charge is 0.341 e. The van der Waals surface area contributed by atoms with E-state index in [1.165, 1.54) is 29.5 Å². The van der Waals surface area contributed by atoms with E-state index in [-0.39, 0.29) is 5.97 Å². The number of thiophene rings is 1. The number of hydrogen-bond acceptors (Lipinski definition) is 5. The van der Waals surface area contributed by atoms with Gasteiger partial charge in [0.05, 0.1) is 12.7 Å². The Balaban J connectivity index is 1.44. The van der Waals surface area contributed by atoms with Crippen LogP contribution in [0.2, 0.25) is 0 Å². The van der Waals surface area contributed by atoms with E-state index in [4.69, 9.17) is 17.0 Å². The molecule has 2 heterocycles. The van der Waals surface area contributed by atoms with Crippen LogP contribution >= 0.6 is 23.6 Å². The highest BCUT2D eigenvalue weighted by Gasteiger charge is 2.25. The van der Waals surface area contributed by atoms with Gasteiger partial charge in [-0.15, -0.1) is 11.3 Å². The summed E-state index contributed by atoms with van der Waals surface area (Å²) < 4.78 is 5.06. The van der Waals surface area contributed by atoms with Crippen LogP contribution in [0.1, 0.15) is 51.2 Å². The molecule has 0 atom stereocenters. The molecule has 0 saturated carbocycles. The number of ether oxygens (including phenoxy) is 1.